The van der Waals surface area contributed by atoms with Gasteiger partial charge in [-0.2, -0.15) is 0 Å². The maximum Gasteiger partial charge on any atom is 0.272 e. The predicted molar refractivity (Wildman–Crippen MR) is 101 cm³/mol. The van der Waals surface area contributed by atoms with Crippen LogP contribution >= 0.6 is 0 Å². The molecule has 2 saturated carbocycles. The molecule has 0 unspecified atom stereocenters. The fourth-order valence-corrected chi connectivity index (χ4v) is 4.37. The number of hydrogen-bond donors (Lipinski definition) is 1. The van der Waals surface area contributed by atoms with Gasteiger partial charge in [0.05, 0.1) is 12.1 Å². The molecule has 1 aliphatic heterocycles. The molecule has 2 aromatic rings. The molecule has 5 rings (SSSR count). The van der Waals surface area contributed by atoms with Crippen LogP contribution in [0.5, 0.6) is 0 Å². The fraction of sp³-hybridized carbons (Fsp3) is 0.619. The molecule has 150 valence electrons. The van der Waals surface area contributed by atoms with Gasteiger partial charge >= 0.3 is 0 Å². The first kappa shape index (κ1) is 18.0. The average molecular weight is 388 g/mol. The Labute approximate surface area is 163 Å². The first-order chi connectivity index (χ1) is 13.5. The van der Waals surface area contributed by atoms with E-state index in [1.54, 1.807) is 0 Å². The molecule has 0 spiro atoms. The maximum atomic E-state index is 13.4. The monoisotopic (exact) mass is 388 g/mol. The third-order valence-corrected chi connectivity index (χ3v) is 6.35. The van der Waals surface area contributed by atoms with E-state index in [1.165, 1.54) is 25.7 Å². The molecule has 3 heterocycles. The summed E-state index contributed by atoms with van der Waals surface area (Å²) in [6.07, 6.45) is 6.48. The van der Waals surface area contributed by atoms with Crippen LogP contribution in [-0.4, -0.2) is 45.2 Å². The largest absolute Gasteiger partial charge is 0.347 e. The molecule has 2 aromatic heterocycles. The van der Waals surface area contributed by atoms with Crippen molar-refractivity contribution in [2.45, 2.75) is 57.0 Å². The van der Waals surface area contributed by atoms with Crippen molar-refractivity contribution in [3.8, 4) is 0 Å². The number of pyridine rings is 1. The van der Waals surface area contributed by atoms with Crippen molar-refractivity contribution in [3.63, 3.8) is 0 Å². The first-order valence-corrected chi connectivity index (χ1v) is 10.4. The lowest BCUT2D eigenvalue weighted by atomic mass is 10.1. The lowest BCUT2D eigenvalue weighted by Crippen LogP contribution is -2.39. The van der Waals surface area contributed by atoms with Crippen molar-refractivity contribution < 1.29 is 13.6 Å². The van der Waals surface area contributed by atoms with Crippen molar-refractivity contribution >= 4 is 11.4 Å². The highest BCUT2D eigenvalue weighted by Crippen LogP contribution is 2.44. The van der Waals surface area contributed by atoms with Gasteiger partial charge in [-0.1, -0.05) is 6.07 Å². The Bertz CT molecular complexity index is 866. The number of piperidine rings is 1. The van der Waals surface area contributed by atoms with Crippen LogP contribution in [0.25, 0.3) is 5.52 Å². The van der Waals surface area contributed by atoms with Gasteiger partial charge in [-0.05, 0) is 49.7 Å². The number of carbonyl (C=O) groups excluding carboxylic acids is 1. The van der Waals surface area contributed by atoms with E-state index in [1.807, 2.05) is 33.7 Å². The highest BCUT2D eigenvalue weighted by molar-refractivity contribution is 5.99. The number of nitrogens with zero attached hydrogens (tertiary/aromatic N) is 3. The van der Waals surface area contributed by atoms with E-state index in [0.717, 1.165) is 11.3 Å². The summed E-state index contributed by atoms with van der Waals surface area (Å²) >= 11 is 0. The average Bonchev–Trinajstić information content (AvgIpc) is 3.59. The van der Waals surface area contributed by atoms with Crippen molar-refractivity contribution in [1.82, 2.24) is 19.6 Å². The molecular formula is C21H26F2N4O. The lowest BCUT2D eigenvalue weighted by molar-refractivity contribution is -0.0570. The number of nitrogens with one attached hydrogen (secondary N) is 1. The summed E-state index contributed by atoms with van der Waals surface area (Å²) < 4.78 is 28.8. The number of fused-ring (bicyclic) bond motifs is 1. The number of rotatable bonds is 6. The molecule has 3 aliphatic rings. The number of carbonyl (C=O) groups is 1. The van der Waals surface area contributed by atoms with Gasteiger partial charge in [0, 0.05) is 38.2 Å². The van der Waals surface area contributed by atoms with Crippen LogP contribution in [-0.2, 0) is 6.54 Å². The van der Waals surface area contributed by atoms with Gasteiger partial charge < -0.3 is 9.72 Å². The molecule has 5 nitrogen and oxygen atoms in total. The summed E-state index contributed by atoms with van der Waals surface area (Å²) in [5, 5.41) is 3.25. The number of amides is 1. The molecule has 0 atom stereocenters. The fourth-order valence-electron chi connectivity index (χ4n) is 4.37. The number of likely N-dealkylation sites (tertiary alicyclic amines) is 1. The predicted octanol–water partition coefficient (Wildman–Crippen LogP) is 3.48. The molecular weight excluding hydrogens is 362 g/mol. The summed E-state index contributed by atoms with van der Waals surface area (Å²) in [6, 6.07) is 5.99. The number of hydrogen-bond acceptors (Lipinski definition) is 3. The molecule has 2 aliphatic carbocycles. The Kier molecular flexibility index (Phi) is 4.38. The van der Waals surface area contributed by atoms with E-state index in [-0.39, 0.29) is 24.8 Å². The van der Waals surface area contributed by atoms with Crippen LogP contribution in [0, 0.1) is 11.8 Å². The minimum Gasteiger partial charge on any atom is -0.347 e. The quantitative estimate of drug-likeness (QED) is 0.824. The van der Waals surface area contributed by atoms with Gasteiger partial charge in [0.25, 0.3) is 11.8 Å². The molecule has 28 heavy (non-hydrogen) atoms. The topological polar surface area (TPSA) is 49.6 Å². The Morgan fingerprint density at radius 2 is 1.86 bits per heavy atom. The molecule has 0 bridgehead atoms. The van der Waals surface area contributed by atoms with Gasteiger partial charge in [0.1, 0.15) is 5.82 Å². The van der Waals surface area contributed by atoms with Gasteiger partial charge in [-0.3, -0.25) is 9.69 Å². The Hall–Kier alpha value is -2.02. The normalized spacial score (nSPS) is 22.7. The highest BCUT2D eigenvalue weighted by atomic mass is 19.3. The smallest absolute Gasteiger partial charge is 0.272 e. The van der Waals surface area contributed by atoms with Crippen LogP contribution in [0.15, 0.2) is 24.4 Å². The standard InChI is InChI=1S/C21H26F2N4O/c22-21(23)8-11-26(12-9-21)13-17-24-19(16-3-1-2-10-27(16)17)20(28)25-18(14-4-5-14)15-6-7-15/h1-3,10,14-15,18H,4-9,11-13H2,(H,25,28). The summed E-state index contributed by atoms with van der Waals surface area (Å²) in [7, 11) is 0. The zero-order valence-corrected chi connectivity index (χ0v) is 15.9. The Morgan fingerprint density at radius 3 is 2.50 bits per heavy atom. The molecule has 3 fully saturated rings. The van der Waals surface area contributed by atoms with E-state index in [0.29, 0.717) is 37.2 Å². The van der Waals surface area contributed by atoms with Crippen molar-refractivity contribution in [3.05, 3.63) is 35.9 Å². The summed E-state index contributed by atoms with van der Waals surface area (Å²) in [4.78, 5) is 19.7. The van der Waals surface area contributed by atoms with E-state index < -0.39 is 5.92 Å². The van der Waals surface area contributed by atoms with E-state index >= 15 is 0 Å². The highest BCUT2D eigenvalue weighted by Gasteiger charge is 2.42. The van der Waals surface area contributed by atoms with Crippen LogP contribution < -0.4 is 5.32 Å². The van der Waals surface area contributed by atoms with Crippen LogP contribution in [0.3, 0.4) is 0 Å². The minimum atomic E-state index is -2.56. The SMILES string of the molecule is O=C(NC(C1CC1)C1CC1)c1nc(CN2CCC(F)(F)CC2)n2ccccc12. The van der Waals surface area contributed by atoms with Crippen molar-refractivity contribution in [2.75, 3.05) is 13.1 Å². The molecule has 1 N–H and O–H groups in total. The van der Waals surface area contributed by atoms with E-state index in [2.05, 4.69) is 10.3 Å². The zero-order valence-electron chi connectivity index (χ0n) is 15.9. The molecule has 0 radical (unpaired) electrons. The third kappa shape index (κ3) is 3.64. The van der Waals surface area contributed by atoms with Crippen LogP contribution in [0.4, 0.5) is 8.78 Å². The molecule has 0 aromatic carbocycles. The van der Waals surface area contributed by atoms with Gasteiger partial charge in [-0.25, -0.2) is 13.8 Å². The second kappa shape index (κ2) is 6.79. The maximum absolute atomic E-state index is 13.4. The second-order valence-corrected chi connectivity index (χ2v) is 8.64. The summed E-state index contributed by atoms with van der Waals surface area (Å²) in [5.41, 5.74) is 1.23. The number of halogens is 2. The molecule has 1 amide bonds. The summed E-state index contributed by atoms with van der Waals surface area (Å²) in [6.45, 7) is 1.17. The molecule has 1 saturated heterocycles. The summed E-state index contributed by atoms with van der Waals surface area (Å²) in [5.74, 6) is -0.680. The van der Waals surface area contributed by atoms with E-state index in [9.17, 15) is 13.6 Å². The number of aromatic nitrogens is 2. The first-order valence-electron chi connectivity index (χ1n) is 10.4. The Balaban J connectivity index is 1.36. The van der Waals surface area contributed by atoms with Crippen LogP contribution in [0.1, 0.15) is 54.8 Å². The van der Waals surface area contributed by atoms with E-state index in [4.69, 9.17) is 0 Å². The number of imidazole rings is 1. The minimum absolute atomic E-state index is 0.107. The van der Waals surface area contributed by atoms with Crippen molar-refractivity contribution in [2.24, 2.45) is 11.8 Å². The van der Waals surface area contributed by atoms with Crippen LogP contribution in [0.2, 0.25) is 0 Å². The van der Waals surface area contributed by atoms with Gasteiger partial charge in [0.15, 0.2) is 5.69 Å². The van der Waals surface area contributed by atoms with Gasteiger partial charge in [-0.15, -0.1) is 0 Å². The van der Waals surface area contributed by atoms with Gasteiger partial charge in [0.2, 0.25) is 0 Å². The Morgan fingerprint density at radius 1 is 1.18 bits per heavy atom. The second-order valence-electron chi connectivity index (χ2n) is 8.64. The third-order valence-electron chi connectivity index (χ3n) is 6.35. The zero-order chi connectivity index (χ0) is 19.3. The number of alkyl halides is 2. The molecule has 7 heteroatoms. The van der Waals surface area contributed by atoms with Crippen molar-refractivity contribution in [1.29, 1.82) is 0 Å². The lowest BCUT2D eigenvalue weighted by Gasteiger charge is -2.31.